The Morgan fingerprint density at radius 1 is 1.27 bits per heavy atom. The number of hydrogen-bond donors (Lipinski definition) is 3. The SMILES string of the molecule is CCC(Sc1nc(N)cc(N)n1)C(=O)Nc1nc2ccc(OC)cc2s1. The number of thioether (sulfide) groups is 1. The number of methoxy groups -OCH3 is 1. The zero-order chi connectivity index (χ0) is 18.7. The molecule has 8 nitrogen and oxygen atoms in total. The van der Waals surface area contributed by atoms with E-state index >= 15 is 0 Å². The summed E-state index contributed by atoms with van der Waals surface area (Å²) < 4.78 is 6.15. The van der Waals surface area contributed by atoms with Crippen molar-refractivity contribution in [1.82, 2.24) is 15.0 Å². The Bertz CT molecular complexity index is 925. The van der Waals surface area contributed by atoms with Crippen molar-refractivity contribution in [1.29, 1.82) is 0 Å². The molecule has 1 amide bonds. The molecule has 3 rings (SSSR count). The first-order valence-electron chi connectivity index (χ1n) is 7.80. The highest BCUT2D eigenvalue weighted by Gasteiger charge is 2.21. The second-order valence-corrected chi connectivity index (χ2v) is 7.56. The largest absolute Gasteiger partial charge is 0.497 e. The highest BCUT2D eigenvalue weighted by molar-refractivity contribution is 8.00. The quantitative estimate of drug-likeness (QED) is 0.433. The molecule has 2 heterocycles. The average molecular weight is 390 g/mol. The maximum Gasteiger partial charge on any atom is 0.239 e. The first kappa shape index (κ1) is 18.2. The van der Waals surface area contributed by atoms with E-state index in [1.807, 2.05) is 25.1 Å². The summed E-state index contributed by atoms with van der Waals surface area (Å²) in [6.45, 7) is 1.91. The van der Waals surface area contributed by atoms with Gasteiger partial charge in [-0.15, -0.1) is 0 Å². The van der Waals surface area contributed by atoms with Crippen LogP contribution in [0.4, 0.5) is 16.8 Å². The maximum atomic E-state index is 12.6. The van der Waals surface area contributed by atoms with Gasteiger partial charge in [0.05, 0.1) is 22.6 Å². The van der Waals surface area contributed by atoms with Gasteiger partial charge in [0.1, 0.15) is 17.4 Å². The van der Waals surface area contributed by atoms with Crippen molar-refractivity contribution in [3.63, 3.8) is 0 Å². The molecule has 0 aliphatic carbocycles. The Morgan fingerprint density at radius 2 is 2.00 bits per heavy atom. The van der Waals surface area contributed by atoms with Crippen LogP contribution in [0, 0.1) is 0 Å². The minimum Gasteiger partial charge on any atom is -0.497 e. The molecule has 10 heteroatoms. The van der Waals surface area contributed by atoms with E-state index in [-0.39, 0.29) is 17.5 Å². The van der Waals surface area contributed by atoms with Gasteiger partial charge in [0.25, 0.3) is 0 Å². The number of carbonyl (C=O) groups is 1. The van der Waals surface area contributed by atoms with Gasteiger partial charge in [0.15, 0.2) is 10.3 Å². The molecule has 5 N–H and O–H groups in total. The van der Waals surface area contributed by atoms with E-state index in [0.29, 0.717) is 16.7 Å². The number of nitrogen functional groups attached to an aromatic ring is 2. The van der Waals surface area contributed by atoms with Gasteiger partial charge < -0.3 is 21.5 Å². The van der Waals surface area contributed by atoms with E-state index < -0.39 is 5.25 Å². The van der Waals surface area contributed by atoms with Crippen LogP contribution in [0.5, 0.6) is 5.75 Å². The Kier molecular flexibility index (Phi) is 5.43. The van der Waals surface area contributed by atoms with Crippen LogP contribution >= 0.6 is 23.1 Å². The number of nitrogens with zero attached hydrogens (tertiary/aromatic N) is 3. The molecule has 0 saturated heterocycles. The van der Waals surface area contributed by atoms with Crippen LogP contribution in [0.15, 0.2) is 29.4 Å². The molecule has 0 aliphatic rings. The van der Waals surface area contributed by atoms with Crippen LogP contribution in [0.3, 0.4) is 0 Å². The second kappa shape index (κ2) is 7.75. The molecule has 0 bridgehead atoms. The number of nitrogens with one attached hydrogen (secondary N) is 1. The number of thiazole rings is 1. The van der Waals surface area contributed by atoms with E-state index in [1.54, 1.807) is 7.11 Å². The number of benzene rings is 1. The van der Waals surface area contributed by atoms with Crippen molar-refractivity contribution in [2.45, 2.75) is 23.8 Å². The van der Waals surface area contributed by atoms with Crippen molar-refractivity contribution in [3.05, 3.63) is 24.3 Å². The molecule has 26 heavy (non-hydrogen) atoms. The third kappa shape index (κ3) is 4.14. The van der Waals surface area contributed by atoms with Crippen LogP contribution in [-0.4, -0.2) is 33.2 Å². The van der Waals surface area contributed by atoms with E-state index in [1.165, 1.54) is 29.2 Å². The molecule has 0 spiro atoms. The molecule has 136 valence electrons. The van der Waals surface area contributed by atoms with E-state index in [4.69, 9.17) is 16.2 Å². The van der Waals surface area contributed by atoms with Crippen molar-refractivity contribution in [2.75, 3.05) is 23.9 Å². The molecule has 1 unspecified atom stereocenters. The zero-order valence-corrected chi connectivity index (χ0v) is 15.9. The van der Waals surface area contributed by atoms with Gasteiger partial charge in [-0.1, -0.05) is 30.0 Å². The fourth-order valence-electron chi connectivity index (χ4n) is 2.24. The standard InChI is InChI=1S/C16H18N6O2S2/c1-3-10(25-16-20-12(17)7-13(18)21-16)14(23)22-15-19-9-5-4-8(24-2)6-11(9)26-15/h4-7,10H,3H2,1-2H3,(H,19,22,23)(H4,17,18,20,21). The summed E-state index contributed by atoms with van der Waals surface area (Å²) in [6.07, 6.45) is 0.591. The average Bonchev–Trinajstić information content (AvgIpc) is 2.99. The van der Waals surface area contributed by atoms with Crippen molar-refractivity contribution in [3.8, 4) is 5.75 Å². The van der Waals surface area contributed by atoms with Gasteiger partial charge in [0.2, 0.25) is 5.91 Å². The van der Waals surface area contributed by atoms with Gasteiger partial charge in [-0.25, -0.2) is 15.0 Å². The third-order valence-corrected chi connectivity index (χ3v) is 5.64. The Labute approximate surface area is 158 Å². The Hall–Kier alpha value is -2.59. The van der Waals surface area contributed by atoms with Crippen LogP contribution < -0.4 is 21.5 Å². The van der Waals surface area contributed by atoms with Crippen LogP contribution in [-0.2, 0) is 4.79 Å². The molecular formula is C16H18N6O2S2. The van der Waals surface area contributed by atoms with E-state index in [9.17, 15) is 4.79 Å². The number of rotatable bonds is 6. The topological polar surface area (TPSA) is 129 Å². The maximum absolute atomic E-state index is 12.6. The summed E-state index contributed by atoms with van der Waals surface area (Å²) in [6, 6.07) is 7.05. The van der Waals surface area contributed by atoms with Crippen LogP contribution in [0.2, 0.25) is 0 Å². The summed E-state index contributed by atoms with van der Waals surface area (Å²) >= 11 is 2.61. The molecule has 0 aliphatic heterocycles. The molecule has 3 aromatic rings. The molecule has 0 fully saturated rings. The fourth-order valence-corrected chi connectivity index (χ4v) is 4.04. The third-order valence-electron chi connectivity index (χ3n) is 3.48. The summed E-state index contributed by atoms with van der Waals surface area (Å²) in [7, 11) is 1.61. The number of anilines is 3. The van der Waals surface area contributed by atoms with E-state index in [0.717, 1.165) is 16.0 Å². The molecule has 2 aromatic heterocycles. The Morgan fingerprint density at radius 3 is 2.65 bits per heavy atom. The number of ether oxygens (including phenoxy) is 1. The lowest BCUT2D eigenvalue weighted by molar-refractivity contribution is -0.115. The van der Waals surface area contributed by atoms with Crippen molar-refractivity contribution >= 4 is 56.0 Å². The predicted molar refractivity (Wildman–Crippen MR) is 106 cm³/mol. The lowest BCUT2D eigenvalue weighted by atomic mass is 10.3. The lowest BCUT2D eigenvalue weighted by Crippen LogP contribution is -2.24. The molecule has 1 aromatic carbocycles. The molecule has 0 radical (unpaired) electrons. The number of fused-ring (bicyclic) bond motifs is 1. The molecular weight excluding hydrogens is 372 g/mol. The monoisotopic (exact) mass is 390 g/mol. The molecule has 1 atom stereocenters. The Balaban J connectivity index is 1.74. The normalized spacial score (nSPS) is 12.1. The van der Waals surface area contributed by atoms with Gasteiger partial charge in [-0.05, 0) is 24.6 Å². The lowest BCUT2D eigenvalue weighted by Gasteiger charge is -2.12. The number of carbonyl (C=O) groups excluding carboxylic acids is 1. The number of amides is 1. The smallest absolute Gasteiger partial charge is 0.239 e. The highest BCUT2D eigenvalue weighted by atomic mass is 32.2. The minimum absolute atomic E-state index is 0.173. The highest BCUT2D eigenvalue weighted by Crippen LogP contribution is 2.30. The van der Waals surface area contributed by atoms with Crippen molar-refractivity contribution < 1.29 is 9.53 Å². The number of nitrogens with two attached hydrogens (primary N) is 2. The van der Waals surface area contributed by atoms with Gasteiger partial charge in [0, 0.05) is 6.07 Å². The van der Waals surface area contributed by atoms with Gasteiger partial charge >= 0.3 is 0 Å². The van der Waals surface area contributed by atoms with Gasteiger partial charge in [-0.3, -0.25) is 4.79 Å². The number of aromatic nitrogens is 3. The fraction of sp³-hybridized carbons (Fsp3) is 0.250. The number of hydrogen-bond acceptors (Lipinski definition) is 9. The molecule has 0 saturated carbocycles. The van der Waals surface area contributed by atoms with E-state index in [2.05, 4.69) is 20.3 Å². The second-order valence-electron chi connectivity index (χ2n) is 5.36. The van der Waals surface area contributed by atoms with Crippen LogP contribution in [0.25, 0.3) is 10.2 Å². The summed E-state index contributed by atoms with van der Waals surface area (Å²) in [4.78, 5) is 25.3. The first-order valence-corrected chi connectivity index (χ1v) is 9.50. The minimum atomic E-state index is -0.391. The first-order chi connectivity index (χ1) is 12.5. The predicted octanol–water partition coefficient (Wildman–Crippen LogP) is 2.77. The van der Waals surface area contributed by atoms with Crippen molar-refractivity contribution in [2.24, 2.45) is 0 Å². The summed E-state index contributed by atoms with van der Waals surface area (Å²) in [5.41, 5.74) is 12.2. The summed E-state index contributed by atoms with van der Waals surface area (Å²) in [5, 5.41) is 3.37. The van der Waals surface area contributed by atoms with Gasteiger partial charge in [-0.2, -0.15) is 0 Å². The summed E-state index contributed by atoms with van der Waals surface area (Å²) in [5.74, 6) is 1.12. The zero-order valence-electron chi connectivity index (χ0n) is 14.2. The van der Waals surface area contributed by atoms with Crippen LogP contribution in [0.1, 0.15) is 13.3 Å².